The van der Waals surface area contributed by atoms with Crippen molar-refractivity contribution in [2.75, 3.05) is 7.11 Å². The van der Waals surface area contributed by atoms with Gasteiger partial charge in [0.25, 0.3) is 0 Å². The van der Waals surface area contributed by atoms with E-state index in [0.717, 1.165) is 7.11 Å². The van der Waals surface area contributed by atoms with Gasteiger partial charge in [-0.05, 0) is 30.9 Å². The van der Waals surface area contributed by atoms with Gasteiger partial charge >= 0.3 is 12.4 Å². The summed E-state index contributed by atoms with van der Waals surface area (Å²) in [7, 11) is 1.02. The first-order valence-corrected chi connectivity index (χ1v) is 6.99. The summed E-state index contributed by atoms with van der Waals surface area (Å²) >= 11 is 0. The topological polar surface area (TPSA) is 35.2 Å². The third-order valence-electron chi connectivity index (χ3n) is 3.42. The van der Waals surface area contributed by atoms with E-state index in [1.807, 2.05) is 13.8 Å². The SMILES string of the molecule is COc1cc(C(F)(F)F)cc(C(F)(F)F)c1[C@@H](N)CCC(C)C.Cl. The second-order valence-electron chi connectivity index (χ2n) is 5.71. The Labute approximate surface area is 142 Å². The molecule has 1 rings (SSSR count). The lowest BCUT2D eigenvalue weighted by Crippen LogP contribution is -2.21. The van der Waals surface area contributed by atoms with Gasteiger partial charge in [0.2, 0.25) is 0 Å². The van der Waals surface area contributed by atoms with E-state index in [0.29, 0.717) is 12.5 Å². The van der Waals surface area contributed by atoms with Gasteiger partial charge in [0.1, 0.15) is 5.75 Å². The van der Waals surface area contributed by atoms with E-state index in [1.54, 1.807) is 0 Å². The molecule has 0 saturated heterocycles. The van der Waals surface area contributed by atoms with E-state index in [1.165, 1.54) is 0 Å². The molecule has 140 valence electrons. The summed E-state index contributed by atoms with van der Waals surface area (Å²) in [6.45, 7) is 3.75. The Morgan fingerprint density at radius 2 is 1.54 bits per heavy atom. The van der Waals surface area contributed by atoms with Crippen LogP contribution in [0.2, 0.25) is 0 Å². The molecule has 0 saturated carbocycles. The van der Waals surface area contributed by atoms with E-state index in [4.69, 9.17) is 10.5 Å². The van der Waals surface area contributed by atoms with Gasteiger partial charge in [0.15, 0.2) is 0 Å². The summed E-state index contributed by atoms with van der Waals surface area (Å²) in [5.74, 6) is -0.292. The number of hydrogen-bond acceptors (Lipinski definition) is 2. The number of methoxy groups -OCH3 is 1. The van der Waals surface area contributed by atoms with Crippen LogP contribution in [0.5, 0.6) is 5.75 Å². The molecule has 0 amide bonds. The van der Waals surface area contributed by atoms with Crippen LogP contribution < -0.4 is 10.5 Å². The molecule has 0 aliphatic heterocycles. The molecule has 0 bridgehead atoms. The number of benzene rings is 1. The average molecular weight is 380 g/mol. The van der Waals surface area contributed by atoms with Gasteiger partial charge < -0.3 is 10.5 Å². The highest BCUT2D eigenvalue weighted by atomic mass is 35.5. The maximum absolute atomic E-state index is 13.2. The number of alkyl halides is 6. The zero-order chi connectivity index (χ0) is 18.0. The van der Waals surface area contributed by atoms with Crippen molar-refractivity contribution in [1.29, 1.82) is 0 Å². The van der Waals surface area contributed by atoms with Crippen molar-refractivity contribution in [1.82, 2.24) is 0 Å². The summed E-state index contributed by atoms with van der Waals surface area (Å²) in [6, 6.07) is -0.418. The molecule has 0 heterocycles. The van der Waals surface area contributed by atoms with Crippen LogP contribution >= 0.6 is 12.4 Å². The average Bonchev–Trinajstić information content (AvgIpc) is 2.41. The summed E-state index contributed by atoms with van der Waals surface area (Å²) in [5, 5.41) is 0. The molecule has 2 N–H and O–H groups in total. The number of nitrogens with two attached hydrogens (primary N) is 1. The van der Waals surface area contributed by atoms with Crippen molar-refractivity contribution in [3.05, 3.63) is 28.8 Å². The predicted molar refractivity (Wildman–Crippen MR) is 81.2 cm³/mol. The van der Waals surface area contributed by atoms with Crippen LogP contribution in [0.15, 0.2) is 12.1 Å². The minimum Gasteiger partial charge on any atom is -0.496 e. The highest BCUT2D eigenvalue weighted by Crippen LogP contribution is 2.44. The maximum Gasteiger partial charge on any atom is 0.416 e. The molecule has 2 nitrogen and oxygen atoms in total. The highest BCUT2D eigenvalue weighted by molar-refractivity contribution is 5.85. The molecule has 0 aromatic heterocycles. The summed E-state index contributed by atoms with van der Waals surface area (Å²) in [5.41, 5.74) is 2.56. The fraction of sp³-hybridized carbons (Fsp3) is 0.600. The Kier molecular flexibility index (Phi) is 7.89. The molecular weight excluding hydrogens is 360 g/mol. The van der Waals surface area contributed by atoms with Gasteiger partial charge in [0.05, 0.1) is 18.2 Å². The van der Waals surface area contributed by atoms with Crippen LogP contribution in [0.1, 0.15) is 49.4 Å². The molecule has 0 fully saturated rings. The maximum atomic E-state index is 13.2. The van der Waals surface area contributed by atoms with E-state index >= 15 is 0 Å². The minimum atomic E-state index is -4.96. The lowest BCUT2D eigenvalue weighted by Gasteiger charge is -2.23. The molecule has 1 atom stereocenters. The third-order valence-corrected chi connectivity index (χ3v) is 3.42. The Balaban J connectivity index is 0.00000529. The van der Waals surface area contributed by atoms with E-state index in [9.17, 15) is 26.3 Å². The van der Waals surface area contributed by atoms with Crippen molar-refractivity contribution < 1.29 is 31.1 Å². The minimum absolute atomic E-state index is 0. The molecule has 0 spiro atoms. The van der Waals surface area contributed by atoms with Crippen molar-refractivity contribution >= 4 is 12.4 Å². The van der Waals surface area contributed by atoms with Crippen LogP contribution in [0, 0.1) is 5.92 Å². The van der Waals surface area contributed by atoms with Gasteiger partial charge in [-0.2, -0.15) is 26.3 Å². The molecule has 0 aliphatic rings. The normalized spacial score (nSPS) is 13.6. The highest BCUT2D eigenvalue weighted by Gasteiger charge is 2.41. The fourth-order valence-corrected chi connectivity index (χ4v) is 2.23. The summed E-state index contributed by atoms with van der Waals surface area (Å²) in [4.78, 5) is 0. The van der Waals surface area contributed by atoms with Crippen LogP contribution in [0.4, 0.5) is 26.3 Å². The second kappa shape index (κ2) is 8.29. The molecule has 24 heavy (non-hydrogen) atoms. The Morgan fingerprint density at radius 3 is 1.92 bits per heavy atom. The first-order chi connectivity index (χ1) is 10.4. The quantitative estimate of drug-likeness (QED) is 0.677. The van der Waals surface area contributed by atoms with Crippen molar-refractivity contribution in [2.45, 2.75) is 45.1 Å². The second-order valence-corrected chi connectivity index (χ2v) is 5.71. The Bertz CT molecular complexity index is 542. The van der Waals surface area contributed by atoms with Gasteiger partial charge in [0, 0.05) is 11.6 Å². The van der Waals surface area contributed by atoms with E-state index < -0.39 is 40.8 Å². The lowest BCUT2D eigenvalue weighted by atomic mass is 9.92. The number of rotatable bonds is 5. The molecule has 0 radical (unpaired) electrons. The number of ether oxygens (including phenoxy) is 1. The van der Waals surface area contributed by atoms with Crippen LogP contribution in [0.25, 0.3) is 0 Å². The van der Waals surface area contributed by atoms with Crippen molar-refractivity contribution in [2.24, 2.45) is 11.7 Å². The summed E-state index contributed by atoms with van der Waals surface area (Å²) < 4.78 is 82.8. The van der Waals surface area contributed by atoms with Crippen molar-refractivity contribution in [3.63, 3.8) is 0 Å². The van der Waals surface area contributed by atoms with Crippen molar-refractivity contribution in [3.8, 4) is 5.75 Å². The molecular formula is C15H20ClF6NO. The van der Waals surface area contributed by atoms with Gasteiger partial charge in [-0.1, -0.05) is 13.8 Å². The van der Waals surface area contributed by atoms with Gasteiger partial charge in [-0.25, -0.2) is 0 Å². The predicted octanol–water partition coefficient (Wildman–Crippen LogP) is 5.59. The third kappa shape index (κ3) is 5.73. The van der Waals surface area contributed by atoms with Crippen LogP contribution in [0.3, 0.4) is 0 Å². The molecule has 0 aliphatic carbocycles. The van der Waals surface area contributed by atoms with Gasteiger partial charge in [-0.3, -0.25) is 0 Å². The van der Waals surface area contributed by atoms with Crippen LogP contribution in [-0.2, 0) is 12.4 Å². The zero-order valence-corrected chi connectivity index (χ0v) is 14.2. The van der Waals surface area contributed by atoms with Gasteiger partial charge in [-0.15, -0.1) is 12.4 Å². The summed E-state index contributed by atoms with van der Waals surface area (Å²) in [6.07, 6.45) is -9.11. The Morgan fingerprint density at radius 1 is 1.00 bits per heavy atom. The van der Waals surface area contributed by atoms with E-state index in [2.05, 4.69) is 0 Å². The first-order valence-electron chi connectivity index (χ1n) is 6.99. The smallest absolute Gasteiger partial charge is 0.416 e. The zero-order valence-electron chi connectivity index (χ0n) is 13.4. The molecule has 1 aromatic rings. The Hall–Kier alpha value is -1.15. The number of halogens is 7. The fourth-order valence-electron chi connectivity index (χ4n) is 2.23. The monoisotopic (exact) mass is 379 g/mol. The molecule has 0 unspecified atom stereocenters. The lowest BCUT2D eigenvalue weighted by molar-refractivity contribution is -0.143. The number of hydrogen-bond donors (Lipinski definition) is 1. The van der Waals surface area contributed by atoms with E-state index in [-0.39, 0.29) is 30.8 Å². The standard InChI is InChI=1S/C15H19F6NO.ClH/c1-8(2)4-5-11(22)13-10(15(19,20)21)6-9(14(16,17)18)7-12(13)23-3;/h6-8,11H,4-5,22H2,1-3H3;1H/t11-;/m0./s1. The van der Waals surface area contributed by atoms with Crippen LogP contribution in [-0.4, -0.2) is 7.11 Å². The molecule has 1 aromatic carbocycles. The molecule has 9 heteroatoms. The first kappa shape index (κ1) is 22.9. The largest absolute Gasteiger partial charge is 0.496 e.